The summed E-state index contributed by atoms with van der Waals surface area (Å²) in [5, 5.41) is 16.9. The van der Waals surface area contributed by atoms with E-state index in [2.05, 4.69) is 25.9 Å². The van der Waals surface area contributed by atoms with E-state index in [9.17, 15) is 4.79 Å². The highest BCUT2D eigenvalue weighted by atomic mass is 16.5. The largest absolute Gasteiger partial charge is 0.496 e. The molecule has 7 heteroatoms. The average molecular weight is 337 g/mol. The van der Waals surface area contributed by atoms with Crippen molar-refractivity contribution < 1.29 is 9.53 Å². The number of aromatic amines is 1. The van der Waals surface area contributed by atoms with Crippen LogP contribution in [-0.4, -0.2) is 33.6 Å². The molecule has 1 aromatic heterocycles. The number of aryl methyl sites for hydroxylation is 1. The standard InChI is InChI=1S/C18H19N5O2/c1-12-6-5-8-14(10-12)19-18(24)15(17-20-22-23-21-17)11-13-7-3-4-9-16(13)25-2/h3-10,15H,11H2,1-2H3,(H,19,24)(H,20,21,22,23). The van der Waals surface area contributed by atoms with Gasteiger partial charge in [0.2, 0.25) is 5.91 Å². The summed E-state index contributed by atoms with van der Waals surface area (Å²) in [6, 6.07) is 15.2. The molecule has 2 aromatic carbocycles. The van der Waals surface area contributed by atoms with Gasteiger partial charge in [-0.25, -0.2) is 0 Å². The number of benzene rings is 2. The third-order valence-electron chi connectivity index (χ3n) is 3.89. The molecule has 1 atom stereocenters. The van der Waals surface area contributed by atoms with Crippen molar-refractivity contribution in [2.75, 3.05) is 12.4 Å². The Bertz CT molecular complexity index is 848. The van der Waals surface area contributed by atoms with E-state index in [1.54, 1.807) is 7.11 Å². The van der Waals surface area contributed by atoms with Gasteiger partial charge in [0.15, 0.2) is 5.82 Å². The Morgan fingerprint density at radius 2 is 2.08 bits per heavy atom. The Hall–Kier alpha value is -3.22. The highest BCUT2D eigenvalue weighted by Gasteiger charge is 2.26. The van der Waals surface area contributed by atoms with Crippen LogP contribution in [0.1, 0.15) is 22.9 Å². The summed E-state index contributed by atoms with van der Waals surface area (Å²) < 4.78 is 5.38. The molecule has 3 rings (SSSR count). The predicted octanol–water partition coefficient (Wildman–Crippen LogP) is 2.48. The molecule has 7 nitrogen and oxygen atoms in total. The molecular weight excluding hydrogens is 318 g/mol. The maximum absolute atomic E-state index is 12.9. The third kappa shape index (κ3) is 4.00. The Morgan fingerprint density at radius 1 is 1.24 bits per heavy atom. The zero-order valence-corrected chi connectivity index (χ0v) is 14.1. The number of ether oxygens (including phenoxy) is 1. The van der Waals surface area contributed by atoms with E-state index < -0.39 is 5.92 Å². The molecule has 25 heavy (non-hydrogen) atoms. The van der Waals surface area contributed by atoms with Crippen LogP contribution in [0.4, 0.5) is 5.69 Å². The zero-order valence-electron chi connectivity index (χ0n) is 14.1. The lowest BCUT2D eigenvalue weighted by Crippen LogP contribution is -2.24. The van der Waals surface area contributed by atoms with Gasteiger partial charge >= 0.3 is 0 Å². The van der Waals surface area contributed by atoms with Crippen LogP contribution in [0.15, 0.2) is 48.5 Å². The quantitative estimate of drug-likeness (QED) is 0.721. The number of H-pyrrole nitrogens is 1. The van der Waals surface area contributed by atoms with Crippen molar-refractivity contribution in [3.05, 3.63) is 65.5 Å². The topological polar surface area (TPSA) is 92.8 Å². The SMILES string of the molecule is COc1ccccc1CC(C(=O)Nc1cccc(C)c1)c1nn[nH]n1. The fourth-order valence-electron chi connectivity index (χ4n) is 2.66. The number of rotatable bonds is 6. The van der Waals surface area contributed by atoms with Gasteiger partial charge in [0.1, 0.15) is 11.7 Å². The number of carbonyl (C=O) groups excluding carboxylic acids is 1. The summed E-state index contributed by atoms with van der Waals surface area (Å²) in [5.41, 5.74) is 2.70. The fraction of sp³-hybridized carbons (Fsp3) is 0.222. The van der Waals surface area contributed by atoms with Crippen molar-refractivity contribution in [1.82, 2.24) is 20.6 Å². The molecule has 1 unspecified atom stereocenters. The second-order valence-electron chi connectivity index (χ2n) is 5.70. The van der Waals surface area contributed by atoms with E-state index >= 15 is 0 Å². The van der Waals surface area contributed by atoms with Crippen LogP contribution >= 0.6 is 0 Å². The number of amides is 1. The minimum Gasteiger partial charge on any atom is -0.496 e. The first-order valence-corrected chi connectivity index (χ1v) is 7.90. The summed E-state index contributed by atoms with van der Waals surface area (Å²) in [4.78, 5) is 12.9. The number of para-hydroxylation sites is 1. The molecule has 1 amide bonds. The molecule has 128 valence electrons. The molecule has 3 aromatic rings. The van der Waals surface area contributed by atoms with Crippen molar-refractivity contribution in [3.63, 3.8) is 0 Å². The molecule has 0 fully saturated rings. The molecule has 0 aliphatic carbocycles. The highest BCUT2D eigenvalue weighted by Crippen LogP contribution is 2.26. The smallest absolute Gasteiger partial charge is 0.235 e. The highest BCUT2D eigenvalue weighted by molar-refractivity contribution is 5.95. The molecule has 0 aliphatic rings. The van der Waals surface area contributed by atoms with Gasteiger partial charge in [0.25, 0.3) is 0 Å². The number of aromatic nitrogens is 4. The number of methoxy groups -OCH3 is 1. The molecule has 1 heterocycles. The first kappa shape index (κ1) is 16.6. The van der Waals surface area contributed by atoms with Crippen molar-refractivity contribution in [2.24, 2.45) is 0 Å². The molecule has 0 saturated heterocycles. The van der Waals surface area contributed by atoms with Gasteiger partial charge in [0, 0.05) is 5.69 Å². The lowest BCUT2D eigenvalue weighted by Gasteiger charge is -2.16. The summed E-state index contributed by atoms with van der Waals surface area (Å²) in [6.07, 6.45) is 0.404. The van der Waals surface area contributed by atoms with Gasteiger partial charge in [0.05, 0.1) is 7.11 Å². The first-order valence-electron chi connectivity index (χ1n) is 7.90. The van der Waals surface area contributed by atoms with E-state index in [0.717, 1.165) is 22.6 Å². The van der Waals surface area contributed by atoms with Crippen LogP contribution in [0.3, 0.4) is 0 Å². The molecule has 2 N–H and O–H groups in total. The lowest BCUT2D eigenvalue weighted by molar-refractivity contribution is -0.117. The molecule has 0 bridgehead atoms. The third-order valence-corrected chi connectivity index (χ3v) is 3.89. The number of tetrazole rings is 1. The van der Waals surface area contributed by atoms with Crippen molar-refractivity contribution in [2.45, 2.75) is 19.3 Å². The summed E-state index contributed by atoms with van der Waals surface area (Å²) in [5.74, 6) is 0.281. The molecule has 0 aliphatic heterocycles. The Balaban J connectivity index is 1.86. The van der Waals surface area contributed by atoms with Crippen LogP contribution in [-0.2, 0) is 11.2 Å². The predicted molar refractivity (Wildman–Crippen MR) is 93.4 cm³/mol. The minimum atomic E-state index is -0.587. The van der Waals surface area contributed by atoms with E-state index in [4.69, 9.17) is 4.74 Å². The summed E-state index contributed by atoms with van der Waals surface area (Å²) in [6.45, 7) is 1.97. The van der Waals surface area contributed by atoms with Crippen molar-refractivity contribution >= 4 is 11.6 Å². The Labute approximate surface area is 145 Å². The number of hydrogen-bond donors (Lipinski definition) is 2. The molecule has 0 spiro atoms. The maximum atomic E-state index is 12.9. The monoisotopic (exact) mass is 337 g/mol. The van der Waals surface area contributed by atoms with Crippen molar-refractivity contribution in [3.8, 4) is 5.75 Å². The van der Waals surface area contributed by atoms with Gasteiger partial charge in [-0.15, -0.1) is 10.2 Å². The van der Waals surface area contributed by atoms with Crippen LogP contribution in [0.25, 0.3) is 0 Å². The number of hydrogen-bond acceptors (Lipinski definition) is 5. The molecule has 0 radical (unpaired) electrons. The van der Waals surface area contributed by atoms with E-state index in [0.29, 0.717) is 12.2 Å². The van der Waals surface area contributed by atoms with Crippen LogP contribution in [0.2, 0.25) is 0 Å². The van der Waals surface area contributed by atoms with Gasteiger partial charge in [-0.05, 0) is 42.7 Å². The molecule has 0 saturated carbocycles. The number of anilines is 1. The number of carbonyl (C=O) groups is 1. The van der Waals surface area contributed by atoms with Gasteiger partial charge in [-0.2, -0.15) is 5.21 Å². The van der Waals surface area contributed by atoms with E-state index in [1.807, 2.05) is 55.5 Å². The van der Waals surface area contributed by atoms with Gasteiger partial charge in [-0.3, -0.25) is 4.79 Å². The minimum absolute atomic E-state index is 0.196. The van der Waals surface area contributed by atoms with Crippen LogP contribution in [0, 0.1) is 6.92 Å². The fourth-order valence-corrected chi connectivity index (χ4v) is 2.66. The second kappa shape index (κ2) is 7.57. The Morgan fingerprint density at radius 3 is 2.80 bits per heavy atom. The van der Waals surface area contributed by atoms with E-state index in [1.165, 1.54) is 0 Å². The summed E-state index contributed by atoms with van der Waals surface area (Å²) in [7, 11) is 1.61. The number of nitrogens with zero attached hydrogens (tertiary/aromatic N) is 3. The summed E-state index contributed by atoms with van der Waals surface area (Å²) >= 11 is 0. The number of nitrogens with one attached hydrogen (secondary N) is 2. The normalized spacial score (nSPS) is 11.8. The van der Waals surface area contributed by atoms with Crippen LogP contribution in [0.5, 0.6) is 5.75 Å². The Kier molecular flexibility index (Phi) is 5.03. The molecular formula is C18H19N5O2. The average Bonchev–Trinajstić information content (AvgIpc) is 3.14. The van der Waals surface area contributed by atoms with E-state index in [-0.39, 0.29) is 5.91 Å². The lowest BCUT2D eigenvalue weighted by atomic mass is 9.97. The maximum Gasteiger partial charge on any atom is 0.235 e. The van der Waals surface area contributed by atoms with Gasteiger partial charge in [-0.1, -0.05) is 35.5 Å². The first-order chi connectivity index (χ1) is 12.2. The van der Waals surface area contributed by atoms with Crippen LogP contribution < -0.4 is 10.1 Å². The second-order valence-corrected chi connectivity index (χ2v) is 5.70. The zero-order chi connectivity index (χ0) is 17.6. The van der Waals surface area contributed by atoms with Crippen molar-refractivity contribution in [1.29, 1.82) is 0 Å². The van der Waals surface area contributed by atoms with Gasteiger partial charge < -0.3 is 10.1 Å².